The molecule has 3 aliphatic heterocycles. The summed E-state index contributed by atoms with van der Waals surface area (Å²) in [6, 6.07) is 10.9. The van der Waals surface area contributed by atoms with E-state index in [4.69, 9.17) is 23.7 Å². The lowest BCUT2D eigenvalue weighted by Gasteiger charge is -2.39. The van der Waals surface area contributed by atoms with Crippen LogP contribution in [0, 0.1) is 0 Å². The average Bonchev–Trinajstić information content (AvgIpc) is 3.22. The first-order valence-corrected chi connectivity index (χ1v) is 12.3. The largest absolute Gasteiger partial charge is 0.484 e. The topological polar surface area (TPSA) is 205 Å². The van der Waals surface area contributed by atoms with E-state index in [0.29, 0.717) is 11.1 Å². The number of fused-ring (bicyclic) bond motifs is 1. The van der Waals surface area contributed by atoms with Crippen LogP contribution in [-0.4, -0.2) is 110 Å². The lowest BCUT2D eigenvalue weighted by atomic mass is 9.96. The van der Waals surface area contributed by atoms with Crippen molar-refractivity contribution in [1.82, 2.24) is 0 Å². The van der Waals surface area contributed by atoms with Crippen LogP contribution in [0.15, 0.2) is 42.5 Å². The monoisotopic (exact) mass is 550 g/mol. The van der Waals surface area contributed by atoms with Gasteiger partial charge in [0.1, 0.15) is 59.5 Å². The third kappa shape index (κ3) is 5.33. The van der Waals surface area contributed by atoms with Crippen molar-refractivity contribution in [3.63, 3.8) is 0 Å². The maximum Gasteiger partial charge on any atom is 0.229 e. The van der Waals surface area contributed by atoms with Crippen LogP contribution in [0.1, 0.15) is 28.4 Å². The summed E-state index contributed by atoms with van der Waals surface area (Å²) in [5.74, 6) is 0.567. The molecule has 7 N–H and O–H groups in total. The second-order valence-electron chi connectivity index (χ2n) is 9.78. The SMILES string of the molecule is O=C1CC(c2ccc(O[C@@H]3OC(CO)[C@@H](O)[C@H](O)C3O)cc2)Oc2cc(O[C@@H]3OCC(O)(CO)[C@@H]3O)ccc21. The molecule has 5 rings (SSSR count). The highest BCUT2D eigenvalue weighted by Crippen LogP contribution is 2.38. The summed E-state index contributed by atoms with van der Waals surface area (Å²) in [6.45, 7) is -1.60. The van der Waals surface area contributed by atoms with E-state index in [1.165, 1.54) is 18.2 Å². The van der Waals surface area contributed by atoms with Crippen molar-refractivity contribution in [1.29, 1.82) is 0 Å². The summed E-state index contributed by atoms with van der Waals surface area (Å²) in [5, 5.41) is 69.0. The summed E-state index contributed by atoms with van der Waals surface area (Å²) in [7, 11) is 0. The molecule has 2 aromatic rings. The van der Waals surface area contributed by atoms with Gasteiger partial charge in [-0.1, -0.05) is 12.1 Å². The quantitative estimate of drug-likeness (QED) is 0.208. The molecule has 212 valence electrons. The van der Waals surface area contributed by atoms with E-state index in [-0.39, 0.29) is 36.1 Å². The van der Waals surface area contributed by atoms with Crippen molar-refractivity contribution in [2.24, 2.45) is 0 Å². The molecule has 3 aliphatic rings. The molecule has 0 saturated carbocycles. The predicted octanol–water partition coefficient (Wildman–Crippen LogP) is -1.61. The van der Waals surface area contributed by atoms with Crippen LogP contribution in [0.25, 0.3) is 0 Å². The molecule has 0 radical (unpaired) electrons. The fourth-order valence-corrected chi connectivity index (χ4v) is 4.65. The van der Waals surface area contributed by atoms with Crippen molar-refractivity contribution in [2.75, 3.05) is 19.8 Å². The molecule has 4 unspecified atom stereocenters. The molecule has 0 bridgehead atoms. The van der Waals surface area contributed by atoms with Gasteiger partial charge in [-0.05, 0) is 29.8 Å². The third-order valence-corrected chi connectivity index (χ3v) is 7.08. The highest BCUT2D eigenvalue weighted by Gasteiger charge is 2.49. The van der Waals surface area contributed by atoms with Gasteiger partial charge in [0.15, 0.2) is 5.78 Å². The van der Waals surface area contributed by atoms with Crippen molar-refractivity contribution in [2.45, 2.75) is 61.2 Å². The minimum Gasteiger partial charge on any atom is -0.484 e. The maximum atomic E-state index is 12.8. The number of benzene rings is 2. The van der Waals surface area contributed by atoms with E-state index in [0.717, 1.165) is 0 Å². The summed E-state index contributed by atoms with van der Waals surface area (Å²) < 4.78 is 27.9. The van der Waals surface area contributed by atoms with E-state index in [1.807, 2.05) is 0 Å². The first-order chi connectivity index (χ1) is 18.6. The Bertz CT molecular complexity index is 1170. The number of hydrogen-bond acceptors (Lipinski definition) is 13. The van der Waals surface area contributed by atoms with Crippen LogP contribution >= 0.6 is 0 Å². The van der Waals surface area contributed by atoms with E-state index in [1.54, 1.807) is 24.3 Å². The molecule has 9 atom stereocenters. The van der Waals surface area contributed by atoms with Gasteiger partial charge in [-0.25, -0.2) is 0 Å². The molecule has 2 saturated heterocycles. The second-order valence-corrected chi connectivity index (χ2v) is 9.78. The van der Waals surface area contributed by atoms with Crippen molar-refractivity contribution < 1.29 is 64.2 Å². The second kappa shape index (κ2) is 11.0. The van der Waals surface area contributed by atoms with Gasteiger partial charge in [0, 0.05) is 6.07 Å². The van der Waals surface area contributed by atoms with Gasteiger partial charge in [-0.15, -0.1) is 0 Å². The highest BCUT2D eigenvalue weighted by molar-refractivity contribution is 6.00. The Hall–Kier alpha value is -2.85. The average molecular weight is 551 g/mol. The zero-order valence-electron chi connectivity index (χ0n) is 20.6. The molecule has 39 heavy (non-hydrogen) atoms. The molecular formula is C26H30O13. The van der Waals surface area contributed by atoms with Crippen LogP contribution < -0.4 is 14.2 Å². The number of ether oxygens (including phenoxy) is 5. The molecule has 3 heterocycles. The number of rotatable bonds is 7. The zero-order chi connectivity index (χ0) is 27.9. The number of Topliss-reactive ketones (excluding diaryl/α,β-unsaturated/α-hetero) is 1. The fourth-order valence-electron chi connectivity index (χ4n) is 4.65. The number of carbonyl (C=O) groups is 1. The molecule has 13 nitrogen and oxygen atoms in total. The van der Waals surface area contributed by atoms with E-state index in [9.17, 15) is 40.5 Å². The molecule has 0 aliphatic carbocycles. The van der Waals surface area contributed by atoms with E-state index < -0.39 is 68.0 Å². The number of carbonyl (C=O) groups excluding carboxylic acids is 1. The van der Waals surface area contributed by atoms with Crippen molar-refractivity contribution in [3.8, 4) is 17.2 Å². The summed E-state index contributed by atoms with van der Waals surface area (Å²) in [6.07, 6.45) is -10.4. The summed E-state index contributed by atoms with van der Waals surface area (Å²) >= 11 is 0. The molecule has 0 aromatic heterocycles. The Balaban J connectivity index is 1.26. The minimum atomic E-state index is -1.84. The first kappa shape index (κ1) is 27.7. The zero-order valence-corrected chi connectivity index (χ0v) is 20.6. The van der Waals surface area contributed by atoms with Gasteiger partial charge in [-0.2, -0.15) is 0 Å². The number of hydrogen-bond donors (Lipinski definition) is 7. The molecule has 0 spiro atoms. The van der Waals surface area contributed by atoms with Gasteiger partial charge in [0.05, 0.1) is 31.8 Å². The Morgan fingerprint density at radius 1 is 0.897 bits per heavy atom. The van der Waals surface area contributed by atoms with E-state index >= 15 is 0 Å². The fraction of sp³-hybridized carbons (Fsp3) is 0.500. The van der Waals surface area contributed by atoms with Crippen LogP contribution in [0.3, 0.4) is 0 Å². The molecule has 13 heteroatoms. The van der Waals surface area contributed by atoms with Gasteiger partial charge >= 0.3 is 0 Å². The maximum absolute atomic E-state index is 12.8. The van der Waals surface area contributed by atoms with Crippen LogP contribution in [0.2, 0.25) is 0 Å². The highest BCUT2D eigenvalue weighted by atomic mass is 16.7. The number of aliphatic hydroxyl groups is 7. The van der Waals surface area contributed by atoms with Gasteiger partial charge in [0.2, 0.25) is 12.6 Å². The summed E-state index contributed by atoms with van der Waals surface area (Å²) in [4.78, 5) is 12.8. The molecule has 2 aromatic carbocycles. The van der Waals surface area contributed by atoms with Crippen LogP contribution in [-0.2, 0) is 9.47 Å². The Labute approximate surface area is 222 Å². The van der Waals surface area contributed by atoms with Crippen molar-refractivity contribution >= 4 is 5.78 Å². The predicted molar refractivity (Wildman–Crippen MR) is 128 cm³/mol. The molecular weight excluding hydrogens is 520 g/mol. The van der Waals surface area contributed by atoms with E-state index in [2.05, 4.69) is 0 Å². The number of ketones is 1. The third-order valence-electron chi connectivity index (χ3n) is 7.08. The van der Waals surface area contributed by atoms with Crippen molar-refractivity contribution in [3.05, 3.63) is 53.6 Å². The normalized spacial score (nSPS) is 36.2. The number of aliphatic hydroxyl groups excluding tert-OH is 6. The standard InChI is InChI=1S/C26H30O13/c27-9-19-20(30)21(31)22(32)24(39-19)36-13-3-1-12(2-4-13)17-8-16(29)15-6-5-14(7-18(15)38-17)37-25-23(33)26(34,10-28)11-35-25/h1-7,17,19-25,27-28,30-34H,8-11H2/t17?,19?,20-,21+,22?,23-,24-,25+,26?/m1/s1. The lowest BCUT2D eigenvalue weighted by molar-refractivity contribution is -0.277. The first-order valence-electron chi connectivity index (χ1n) is 12.3. The van der Waals surface area contributed by atoms with Crippen LogP contribution in [0.4, 0.5) is 0 Å². The molecule has 0 amide bonds. The Morgan fingerprint density at radius 2 is 1.59 bits per heavy atom. The lowest BCUT2D eigenvalue weighted by Crippen LogP contribution is -2.60. The van der Waals surface area contributed by atoms with Crippen LogP contribution in [0.5, 0.6) is 17.2 Å². The summed E-state index contributed by atoms with van der Waals surface area (Å²) in [5.41, 5.74) is -0.847. The van der Waals surface area contributed by atoms with Gasteiger partial charge in [-0.3, -0.25) is 4.79 Å². The smallest absolute Gasteiger partial charge is 0.229 e. The molecule has 2 fully saturated rings. The van der Waals surface area contributed by atoms with Gasteiger partial charge in [0.25, 0.3) is 0 Å². The Morgan fingerprint density at radius 3 is 2.26 bits per heavy atom. The Kier molecular flexibility index (Phi) is 7.79. The minimum absolute atomic E-state index is 0.0636. The van der Waals surface area contributed by atoms with Gasteiger partial charge < -0.3 is 59.4 Å².